The molecule has 76 heavy (non-hydrogen) atoms. The zero-order valence-electron chi connectivity index (χ0n) is 39.1. The summed E-state index contributed by atoms with van der Waals surface area (Å²) in [7, 11) is -12.4. The Morgan fingerprint density at radius 3 is 1.54 bits per heavy atom. The van der Waals surface area contributed by atoms with Gasteiger partial charge in [0.05, 0.1) is 45.9 Å². The minimum absolute atomic E-state index is 0.0151. The van der Waals surface area contributed by atoms with Crippen LogP contribution in [-0.2, 0) is 55.4 Å². The largest absolute Gasteiger partial charge is 0.495 e. The molecule has 0 aliphatic heterocycles. The SMILES string of the molecule is COc1cc2cc(Oc3ccc(C(=O)c4ccc(COc5ccc(C(=O)c6ccc(Oc7ccc(S(=O)(=O)c8ccc(C)cc8)cc7)cc6)cc5)c(SOOO)c4)cc3S(=O)(=O)O)c(SOOO)cc2cc1S(=O)(=O)O. The summed E-state index contributed by atoms with van der Waals surface area (Å²) in [6, 6.07) is 37.6. The van der Waals surface area contributed by atoms with Crippen LogP contribution in [0.25, 0.3) is 10.8 Å². The van der Waals surface area contributed by atoms with Gasteiger partial charge in [0, 0.05) is 32.7 Å². The van der Waals surface area contributed by atoms with E-state index in [0.717, 1.165) is 30.9 Å². The minimum Gasteiger partial charge on any atom is -0.495 e. The molecule has 8 aromatic carbocycles. The number of carbonyl (C=O) groups excluding carboxylic acids is 2. The smallest absolute Gasteiger partial charge is 0.298 e. The molecule has 0 fully saturated rings. The quantitative estimate of drug-likeness (QED) is 0.0161. The van der Waals surface area contributed by atoms with Crippen LogP contribution < -0.4 is 18.9 Å². The molecule has 8 aromatic rings. The normalized spacial score (nSPS) is 11.8. The number of rotatable bonds is 22. The van der Waals surface area contributed by atoms with E-state index >= 15 is 0 Å². The highest BCUT2D eigenvalue weighted by Gasteiger charge is 2.25. The van der Waals surface area contributed by atoms with E-state index in [2.05, 4.69) is 18.7 Å². The third-order valence-electron chi connectivity index (χ3n) is 11.1. The number of hydrogen-bond donors (Lipinski definition) is 4. The summed E-state index contributed by atoms with van der Waals surface area (Å²) < 4.78 is 128. The molecule has 0 amide bonds. The molecule has 20 nitrogen and oxygen atoms in total. The van der Waals surface area contributed by atoms with E-state index in [-0.39, 0.29) is 65.4 Å². The summed E-state index contributed by atoms with van der Waals surface area (Å²) in [6.07, 6.45) is 0. The van der Waals surface area contributed by atoms with Crippen LogP contribution in [0.2, 0.25) is 0 Å². The Balaban J connectivity index is 0.938. The number of aryl methyl sites for hydroxylation is 1. The molecule has 0 heterocycles. The lowest BCUT2D eigenvalue weighted by molar-refractivity contribution is -0.432. The van der Waals surface area contributed by atoms with Gasteiger partial charge in [0.15, 0.2) is 11.6 Å². The molecule has 0 bridgehead atoms. The fraction of sp³-hybridized carbons (Fsp3) is 0.0588. The van der Waals surface area contributed by atoms with Crippen molar-refractivity contribution in [3.8, 4) is 34.5 Å². The van der Waals surface area contributed by atoms with Crippen LogP contribution in [0.15, 0.2) is 187 Å². The van der Waals surface area contributed by atoms with Crippen LogP contribution in [-0.4, -0.2) is 63.5 Å². The number of fused-ring (bicyclic) bond motifs is 1. The molecule has 8 rings (SSSR count). The maximum absolute atomic E-state index is 13.9. The van der Waals surface area contributed by atoms with E-state index < -0.39 is 51.4 Å². The zero-order valence-corrected chi connectivity index (χ0v) is 43.2. The molecule has 4 N–H and O–H groups in total. The lowest BCUT2D eigenvalue weighted by Gasteiger charge is -2.15. The van der Waals surface area contributed by atoms with Crippen LogP contribution in [0.1, 0.15) is 43.0 Å². The molecular weight excluding hydrogens is 1090 g/mol. The number of ether oxygens (including phenoxy) is 4. The molecule has 0 radical (unpaired) electrons. The Bertz CT molecular complexity index is 3820. The van der Waals surface area contributed by atoms with Crippen LogP contribution in [0, 0.1) is 6.92 Å². The third kappa shape index (κ3) is 12.9. The summed E-state index contributed by atoms with van der Waals surface area (Å²) in [5.41, 5.74) is 1.82. The Morgan fingerprint density at radius 2 is 0.961 bits per heavy atom. The van der Waals surface area contributed by atoms with Gasteiger partial charge in [0.25, 0.3) is 20.2 Å². The maximum Gasteiger partial charge on any atom is 0.298 e. The minimum atomic E-state index is -5.12. The van der Waals surface area contributed by atoms with Gasteiger partial charge in [-0.2, -0.15) is 16.8 Å². The molecule has 0 saturated heterocycles. The monoisotopic (exact) mass is 1130 g/mol. The van der Waals surface area contributed by atoms with Gasteiger partial charge < -0.3 is 18.9 Å². The summed E-state index contributed by atoms with van der Waals surface area (Å²) in [4.78, 5) is 26.3. The van der Waals surface area contributed by atoms with Gasteiger partial charge in [0.1, 0.15) is 50.9 Å². The van der Waals surface area contributed by atoms with Crippen molar-refractivity contribution in [3.05, 3.63) is 191 Å². The molecule has 0 aromatic heterocycles. The summed E-state index contributed by atoms with van der Waals surface area (Å²) in [5.74, 6) is -0.796. The van der Waals surface area contributed by atoms with E-state index in [1.54, 1.807) is 84.9 Å². The molecule has 0 unspecified atom stereocenters. The highest BCUT2D eigenvalue weighted by atomic mass is 32.2. The molecule has 25 heteroatoms. The topological polar surface area (TPSA) is 291 Å². The predicted octanol–water partition coefficient (Wildman–Crippen LogP) is 11.0. The van der Waals surface area contributed by atoms with Crippen molar-refractivity contribution >= 4 is 76.5 Å². The van der Waals surface area contributed by atoms with E-state index in [1.807, 2.05) is 6.92 Å². The lowest BCUT2D eigenvalue weighted by Crippen LogP contribution is -2.08. The zero-order chi connectivity index (χ0) is 54.4. The van der Waals surface area contributed by atoms with E-state index in [0.29, 0.717) is 58.0 Å². The number of methoxy groups -OCH3 is 1. The maximum atomic E-state index is 13.9. The standard InChI is InChI=1S/C51H38O20S5/c1-30-3-18-41(19-4-30)74(56,57)42-20-16-40(17-21-42)66-39-14-9-32(10-15-39)50(52)31-7-12-38(13-8-31)65-29-35-6-5-33(25-46(35)72-70-68-54)51(53)34-11-22-43(48(27-34)75(58,59)60)67-44-23-36-24-45(64-2)49(76(61,62)63)28-37(36)26-47(44)73-71-69-55/h3-28,54-55H,29H2,1-2H3,(H,58,59,60)(H,61,62,63). The van der Waals surface area contributed by atoms with Gasteiger partial charge in [-0.15, -0.1) is 8.67 Å². The van der Waals surface area contributed by atoms with Crippen molar-refractivity contribution in [1.82, 2.24) is 0 Å². The molecule has 0 aliphatic carbocycles. The number of carbonyl (C=O) groups is 2. The molecule has 0 spiro atoms. The number of sulfone groups is 1. The lowest BCUT2D eigenvalue weighted by atomic mass is 10.0. The van der Waals surface area contributed by atoms with Crippen LogP contribution >= 0.6 is 24.1 Å². The van der Waals surface area contributed by atoms with Gasteiger partial charge in [0.2, 0.25) is 9.84 Å². The van der Waals surface area contributed by atoms with Crippen molar-refractivity contribution in [1.29, 1.82) is 0 Å². The first-order chi connectivity index (χ1) is 36.2. The second-order valence-electron chi connectivity index (χ2n) is 16.0. The van der Waals surface area contributed by atoms with Gasteiger partial charge in [-0.3, -0.25) is 18.7 Å². The highest BCUT2D eigenvalue weighted by molar-refractivity contribution is 7.95. The van der Waals surface area contributed by atoms with E-state index in [4.69, 9.17) is 29.5 Å². The van der Waals surface area contributed by atoms with Gasteiger partial charge in [-0.05, 0) is 151 Å². The Kier molecular flexibility index (Phi) is 16.9. The number of ketones is 2. The summed E-state index contributed by atoms with van der Waals surface area (Å²) in [6.45, 7) is 1.75. The molecule has 0 aliphatic rings. The number of hydrogen-bond acceptors (Lipinski definition) is 20. The Hall–Kier alpha value is -7.21. The first-order valence-electron chi connectivity index (χ1n) is 21.6. The van der Waals surface area contributed by atoms with Gasteiger partial charge in [-0.1, -0.05) is 39.9 Å². The molecule has 392 valence electrons. The van der Waals surface area contributed by atoms with Crippen molar-refractivity contribution in [2.24, 2.45) is 0 Å². The van der Waals surface area contributed by atoms with Crippen molar-refractivity contribution in [2.75, 3.05) is 7.11 Å². The summed E-state index contributed by atoms with van der Waals surface area (Å²) >= 11 is 0.872. The fourth-order valence-corrected chi connectivity index (χ4v) is 10.9. The molecular formula is C51H38O20S5. The van der Waals surface area contributed by atoms with E-state index in [9.17, 15) is 43.9 Å². The average Bonchev–Trinajstić information content (AvgIpc) is 3.41. The second-order valence-corrected chi connectivity index (χ2v) is 22.2. The van der Waals surface area contributed by atoms with Crippen LogP contribution in [0.5, 0.6) is 34.5 Å². The molecule has 0 atom stereocenters. The first-order valence-corrected chi connectivity index (χ1v) is 27.5. The fourth-order valence-electron chi connectivity index (χ4n) is 7.37. The Morgan fingerprint density at radius 1 is 0.487 bits per heavy atom. The van der Waals surface area contributed by atoms with Crippen molar-refractivity contribution in [3.63, 3.8) is 0 Å². The van der Waals surface area contributed by atoms with Crippen molar-refractivity contribution < 1.29 is 92.2 Å². The van der Waals surface area contributed by atoms with Crippen molar-refractivity contribution in [2.45, 2.75) is 42.9 Å². The summed E-state index contributed by atoms with van der Waals surface area (Å²) in [5, 5.41) is 25.7. The van der Waals surface area contributed by atoms with Gasteiger partial charge in [-0.25, -0.2) is 18.9 Å². The predicted molar refractivity (Wildman–Crippen MR) is 272 cm³/mol. The average molecular weight is 1130 g/mol. The Labute approximate surface area is 441 Å². The second kappa shape index (κ2) is 23.4. The third-order valence-corrected chi connectivity index (χ3v) is 16.0. The van der Waals surface area contributed by atoms with Crippen LogP contribution in [0.3, 0.4) is 0 Å². The van der Waals surface area contributed by atoms with Crippen LogP contribution in [0.4, 0.5) is 0 Å². The first kappa shape index (κ1) is 55.0. The van der Waals surface area contributed by atoms with E-state index in [1.165, 1.54) is 54.6 Å². The molecule has 0 saturated carbocycles. The number of benzene rings is 8. The highest BCUT2D eigenvalue weighted by Crippen LogP contribution is 2.42. The van der Waals surface area contributed by atoms with Gasteiger partial charge >= 0.3 is 0 Å².